The predicted molar refractivity (Wildman–Crippen MR) is 106 cm³/mol. The number of unbranched alkanes of at least 4 members (excludes halogenated alkanes) is 2. The molecule has 0 N–H and O–H groups in total. The largest absolute Gasteiger partial charge is 0.429 e. The van der Waals surface area contributed by atoms with E-state index in [1.807, 2.05) is 6.92 Å². The van der Waals surface area contributed by atoms with Crippen LogP contribution in [0.15, 0.2) is 48.5 Å². The van der Waals surface area contributed by atoms with E-state index in [1.165, 1.54) is 24.3 Å². The van der Waals surface area contributed by atoms with Crippen LogP contribution in [-0.2, 0) is 12.5 Å². The van der Waals surface area contributed by atoms with Gasteiger partial charge in [0.25, 0.3) is 0 Å². The summed E-state index contributed by atoms with van der Waals surface area (Å²) < 4.78 is 101. The molecule has 0 amide bonds. The molecule has 0 fully saturated rings. The minimum Gasteiger partial charge on any atom is -0.429 e. The van der Waals surface area contributed by atoms with Crippen molar-refractivity contribution in [2.45, 2.75) is 38.7 Å². The lowest BCUT2D eigenvalue weighted by molar-refractivity contribution is -0.185. The fourth-order valence-corrected chi connectivity index (χ4v) is 3.20. The van der Waals surface area contributed by atoms with Crippen LogP contribution < -0.4 is 4.74 Å². The van der Waals surface area contributed by atoms with Gasteiger partial charge in [-0.3, -0.25) is 0 Å². The Kier molecular flexibility index (Phi) is 7.11. The van der Waals surface area contributed by atoms with E-state index in [2.05, 4.69) is 4.74 Å². The summed E-state index contributed by atoms with van der Waals surface area (Å²) in [6, 6.07) is 7.80. The lowest BCUT2D eigenvalue weighted by Crippen LogP contribution is -2.22. The Bertz CT molecular complexity index is 1070. The quantitative estimate of drug-likeness (QED) is 0.190. The average molecular weight is 456 g/mol. The van der Waals surface area contributed by atoms with Crippen molar-refractivity contribution in [3.8, 4) is 16.9 Å². The van der Waals surface area contributed by atoms with Crippen molar-refractivity contribution in [2.24, 2.45) is 0 Å². The summed E-state index contributed by atoms with van der Waals surface area (Å²) >= 11 is 0. The molecule has 0 bridgehead atoms. The first-order chi connectivity index (χ1) is 15.1. The molecule has 0 saturated heterocycles. The zero-order valence-corrected chi connectivity index (χ0v) is 17.0. The topological polar surface area (TPSA) is 9.23 Å². The van der Waals surface area contributed by atoms with Crippen LogP contribution in [0.4, 0.5) is 30.7 Å². The van der Waals surface area contributed by atoms with E-state index in [-0.39, 0.29) is 28.8 Å². The lowest BCUT2D eigenvalue weighted by Gasteiger charge is -2.19. The Balaban J connectivity index is 1.80. The Morgan fingerprint density at radius 1 is 0.750 bits per heavy atom. The number of hydrogen-bond donors (Lipinski definition) is 0. The summed E-state index contributed by atoms with van der Waals surface area (Å²) in [7, 11) is 0. The van der Waals surface area contributed by atoms with Gasteiger partial charge in [-0.05, 0) is 48.2 Å². The molecule has 0 aliphatic heterocycles. The molecule has 0 atom stereocenters. The first-order valence-corrected chi connectivity index (χ1v) is 9.93. The fourth-order valence-electron chi connectivity index (χ4n) is 3.20. The summed E-state index contributed by atoms with van der Waals surface area (Å²) in [4.78, 5) is 0. The van der Waals surface area contributed by atoms with Crippen molar-refractivity contribution in [1.29, 1.82) is 0 Å². The SMILES string of the molecule is CCCCCc1ccc(-c2ccc(OC(F)(F)c3cc(F)c(F)c(F)c3)cc2)c(F)c1F. The number of halogens is 7. The van der Waals surface area contributed by atoms with Gasteiger partial charge in [-0.25, -0.2) is 22.0 Å². The highest BCUT2D eigenvalue weighted by atomic mass is 19.3. The summed E-state index contributed by atoms with van der Waals surface area (Å²) in [5.41, 5.74) is -0.790. The molecule has 1 nitrogen and oxygen atoms in total. The normalized spacial score (nSPS) is 11.6. The molecule has 32 heavy (non-hydrogen) atoms. The highest BCUT2D eigenvalue weighted by Gasteiger charge is 2.36. The second-order valence-electron chi connectivity index (χ2n) is 7.25. The van der Waals surface area contributed by atoms with Gasteiger partial charge in [0.1, 0.15) is 5.75 Å². The van der Waals surface area contributed by atoms with Crippen molar-refractivity contribution in [3.63, 3.8) is 0 Å². The minimum atomic E-state index is -4.17. The van der Waals surface area contributed by atoms with Crippen LogP contribution in [0.2, 0.25) is 0 Å². The average Bonchev–Trinajstić information content (AvgIpc) is 2.75. The van der Waals surface area contributed by atoms with Gasteiger partial charge in [0.15, 0.2) is 29.1 Å². The van der Waals surface area contributed by atoms with Gasteiger partial charge in [-0.15, -0.1) is 0 Å². The van der Waals surface area contributed by atoms with Gasteiger partial charge >= 0.3 is 6.11 Å². The molecule has 0 aliphatic rings. The minimum absolute atomic E-state index is 0.0530. The maximum atomic E-state index is 14.5. The number of hydrogen-bond acceptors (Lipinski definition) is 1. The van der Waals surface area contributed by atoms with Gasteiger partial charge in [-0.1, -0.05) is 44.0 Å². The summed E-state index contributed by atoms with van der Waals surface area (Å²) in [5.74, 6) is -7.84. The predicted octanol–water partition coefficient (Wildman–Crippen LogP) is 7.91. The number of alkyl halides is 2. The van der Waals surface area contributed by atoms with Crippen LogP contribution in [0.3, 0.4) is 0 Å². The van der Waals surface area contributed by atoms with Crippen molar-refractivity contribution in [1.82, 2.24) is 0 Å². The van der Waals surface area contributed by atoms with E-state index < -0.39 is 46.5 Å². The Labute approximate surface area is 180 Å². The van der Waals surface area contributed by atoms with Crippen LogP contribution in [0.1, 0.15) is 37.3 Å². The number of aryl methyl sites for hydroxylation is 1. The van der Waals surface area contributed by atoms with Crippen molar-refractivity contribution < 1.29 is 35.5 Å². The maximum Gasteiger partial charge on any atom is 0.426 e. The molecule has 3 rings (SSSR count). The van der Waals surface area contributed by atoms with Gasteiger partial charge in [0.05, 0.1) is 5.56 Å². The number of rotatable bonds is 8. The van der Waals surface area contributed by atoms with Gasteiger partial charge < -0.3 is 4.74 Å². The Morgan fingerprint density at radius 2 is 1.38 bits per heavy atom. The smallest absolute Gasteiger partial charge is 0.426 e. The summed E-state index contributed by atoms with van der Waals surface area (Å²) in [5, 5.41) is 0. The molecule has 0 radical (unpaired) electrons. The first-order valence-electron chi connectivity index (χ1n) is 9.93. The Morgan fingerprint density at radius 3 is 1.97 bits per heavy atom. The molecule has 8 heteroatoms. The molecular weight excluding hydrogens is 437 g/mol. The molecular formula is C24H19F7O. The molecule has 0 heterocycles. The first kappa shape index (κ1) is 23.6. The van der Waals surface area contributed by atoms with E-state index in [0.29, 0.717) is 6.42 Å². The van der Waals surface area contributed by atoms with Crippen molar-refractivity contribution in [3.05, 3.63) is 88.7 Å². The summed E-state index contributed by atoms with van der Waals surface area (Å²) in [6.07, 6.45) is -1.20. The second-order valence-corrected chi connectivity index (χ2v) is 7.25. The summed E-state index contributed by atoms with van der Waals surface area (Å²) in [6.45, 7) is 2.00. The van der Waals surface area contributed by atoms with Crippen LogP contribution >= 0.6 is 0 Å². The van der Waals surface area contributed by atoms with E-state index in [9.17, 15) is 30.7 Å². The monoisotopic (exact) mass is 456 g/mol. The molecule has 3 aromatic carbocycles. The van der Waals surface area contributed by atoms with Crippen LogP contribution in [0.5, 0.6) is 5.75 Å². The maximum absolute atomic E-state index is 14.5. The molecule has 0 aromatic heterocycles. The van der Waals surface area contributed by atoms with Gasteiger partial charge in [0.2, 0.25) is 0 Å². The van der Waals surface area contributed by atoms with Crippen LogP contribution in [0, 0.1) is 29.1 Å². The van der Waals surface area contributed by atoms with Crippen LogP contribution in [-0.4, -0.2) is 0 Å². The van der Waals surface area contributed by atoms with Gasteiger partial charge in [-0.2, -0.15) is 8.78 Å². The third-order valence-electron chi connectivity index (χ3n) is 4.94. The molecule has 0 aliphatic carbocycles. The highest BCUT2D eigenvalue weighted by Crippen LogP contribution is 2.34. The molecule has 0 saturated carbocycles. The third-order valence-corrected chi connectivity index (χ3v) is 4.94. The van der Waals surface area contributed by atoms with E-state index in [1.54, 1.807) is 0 Å². The standard InChI is InChI=1S/C24H19F7O/c1-2-3-4-5-15-8-11-18(22(28)21(15)27)14-6-9-17(10-7-14)32-24(30,31)16-12-19(25)23(29)20(26)13-16/h6-13H,2-5H2,1H3. The van der Waals surface area contributed by atoms with E-state index in [4.69, 9.17) is 0 Å². The lowest BCUT2D eigenvalue weighted by atomic mass is 10.00. The van der Waals surface area contributed by atoms with Crippen molar-refractivity contribution in [2.75, 3.05) is 0 Å². The van der Waals surface area contributed by atoms with Crippen LogP contribution in [0.25, 0.3) is 11.1 Å². The van der Waals surface area contributed by atoms with Gasteiger partial charge in [0, 0.05) is 5.56 Å². The second kappa shape index (κ2) is 9.63. The molecule has 0 spiro atoms. The zero-order chi connectivity index (χ0) is 23.5. The van der Waals surface area contributed by atoms with E-state index in [0.717, 1.165) is 31.4 Å². The molecule has 3 aromatic rings. The Hall–Kier alpha value is -3.03. The van der Waals surface area contributed by atoms with E-state index >= 15 is 0 Å². The fraction of sp³-hybridized carbons (Fsp3) is 0.250. The highest BCUT2D eigenvalue weighted by molar-refractivity contribution is 5.65. The molecule has 170 valence electrons. The number of ether oxygens (including phenoxy) is 1. The van der Waals surface area contributed by atoms with Crippen molar-refractivity contribution >= 4 is 0 Å². The third kappa shape index (κ3) is 5.06. The number of benzene rings is 3. The zero-order valence-electron chi connectivity index (χ0n) is 17.0. The molecule has 0 unspecified atom stereocenters.